The standard InChI is InChI=1S/C16H14N4O3/c1-17-15-10-19(21)16(11-5-3-2-4-6-11)13-9-12(20(22)23)7-8-14(13)18-15/h2-9,21H,10H2,1H3. The molecule has 1 N–H and O–H groups in total. The number of aliphatic imine (C=N–C) groups is 1. The van der Waals surface area contributed by atoms with Crippen LogP contribution >= 0.6 is 0 Å². The Kier molecular flexibility index (Phi) is 3.86. The molecule has 0 amide bonds. The summed E-state index contributed by atoms with van der Waals surface area (Å²) in [5.74, 6) is 0.438. The minimum absolute atomic E-state index is 0.0577. The fraction of sp³-hybridized carbons (Fsp3) is 0.125. The average Bonchev–Trinajstić information content (AvgIpc) is 2.70. The highest BCUT2D eigenvalue weighted by atomic mass is 16.6. The topological polar surface area (TPSA) is 91.3 Å². The van der Waals surface area contributed by atoms with E-state index in [2.05, 4.69) is 9.98 Å². The van der Waals surface area contributed by atoms with Gasteiger partial charge in [-0.2, -0.15) is 0 Å². The number of hydrogen-bond acceptors (Lipinski definition) is 5. The molecule has 0 unspecified atom stereocenters. The monoisotopic (exact) mass is 310 g/mol. The van der Waals surface area contributed by atoms with Gasteiger partial charge in [0.15, 0.2) is 0 Å². The summed E-state index contributed by atoms with van der Waals surface area (Å²) in [5.41, 5.74) is 1.15. The third-order valence-corrected chi connectivity index (χ3v) is 3.55. The molecule has 7 heteroatoms. The highest BCUT2D eigenvalue weighted by molar-refractivity contribution is 5.87. The van der Waals surface area contributed by atoms with Gasteiger partial charge in [-0.1, -0.05) is 30.3 Å². The van der Waals surface area contributed by atoms with Crippen LogP contribution in [0.15, 0.2) is 58.5 Å². The number of nitro benzene ring substituents is 1. The quantitative estimate of drug-likeness (QED) is 0.664. The van der Waals surface area contributed by atoms with Crippen molar-refractivity contribution in [1.82, 2.24) is 5.06 Å². The van der Waals surface area contributed by atoms with Gasteiger partial charge >= 0.3 is 0 Å². The SMILES string of the molecule is CN=C1CN(O)C(c2ccccc2)=c2cc([N+](=O)[O-])ccc2=N1. The van der Waals surface area contributed by atoms with Gasteiger partial charge in [0.25, 0.3) is 5.69 Å². The molecule has 0 aromatic heterocycles. The molecule has 1 aliphatic rings. The van der Waals surface area contributed by atoms with Crippen LogP contribution < -0.4 is 10.6 Å². The summed E-state index contributed by atoms with van der Waals surface area (Å²) >= 11 is 0. The number of hydrogen-bond donors (Lipinski definition) is 1. The number of fused-ring (bicyclic) bond motifs is 1. The number of nitro groups is 1. The maximum absolute atomic E-state index is 11.1. The highest BCUT2D eigenvalue weighted by Crippen LogP contribution is 2.16. The van der Waals surface area contributed by atoms with Crippen LogP contribution in [0, 0.1) is 10.1 Å². The van der Waals surface area contributed by atoms with Crippen molar-refractivity contribution in [2.75, 3.05) is 13.6 Å². The second-order valence-corrected chi connectivity index (χ2v) is 4.98. The zero-order chi connectivity index (χ0) is 16.4. The zero-order valence-corrected chi connectivity index (χ0v) is 12.4. The van der Waals surface area contributed by atoms with E-state index in [1.165, 1.54) is 12.1 Å². The smallest absolute Gasteiger partial charge is 0.270 e. The van der Waals surface area contributed by atoms with Crippen LogP contribution in [0.2, 0.25) is 0 Å². The molecule has 0 saturated heterocycles. The van der Waals surface area contributed by atoms with E-state index in [4.69, 9.17) is 0 Å². The van der Waals surface area contributed by atoms with Gasteiger partial charge in [-0.3, -0.25) is 20.3 Å². The number of nitrogens with zero attached hydrogens (tertiary/aromatic N) is 4. The summed E-state index contributed by atoms with van der Waals surface area (Å²) in [6.07, 6.45) is 0. The first-order valence-corrected chi connectivity index (χ1v) is 6.95. The maximum Gasteiger partial charge on any atom is 0.270 e. The first-order chi connectivity index (χ1) is 11.1. The Morgan fingerprint density at radius 3 is 2.65 bits per heavy atom. The Labute approximate surface area is 131 Å². The molecule has 0 radical (unpaired) electrons. The Balaban J connectivity index is 2.43. The normalized spacial score (nSPS) is 15.8. The molecule has 1 aliphatic heterocycles. The van der Waals surface area contributed by atoms with Gasteiger partial charge in [0.05, 0.1) is 16.0 Å². The van der Waals surface area contributed by atoms with Crippen LogP contribution in [-0.2, 0) is 0 Å². The second kappa shape index (κ2) is 5.98. The minimum atomic E-state index is -0.468. The molecule has 0 aliphatic carbocycles. The first kappa shape index (κ1) is 14.9. The molecule has 2 aromatic carbocycles. The van der Waals surface area contributed by atoms with Crippen LogP contribution in [0.5, 0.6) is 0 Å². The van der Waals surface area contributed by atoms with Crippen molar-refractivity contribution in [1.29, 1.82) is 0 Å². The summed E-state index contributed by atoms with van der Waals surface area (Å²) in [5, 5.41) is 23.6. The van der Waals surface area contributed by atoms with Crippen molar-refractivity contribution in [2.45, 2.75) is 0 Å². The van der Waals surface area contributed by atoms with E-state index in [0.29, 0.717) is 22.1 Å². The van der Waals surface area contributed by atoms with E-state index in [0.717, 1.165) is 10.6 Å². The van der Waals surface area contributed by atoms with Crippen LogP contribution in [0.4, 0.5) is 5.69 Å². The first-order valence-electron chi connectivity index (χ1n) is 6.95. The predicted octanol–water partition coefficient (Wildman–Crippen LogP) is 1.10. The van der Waals surface area contributed by atoms with Gasteiger partial charge in [-0.15, -0.1) is 0 Å². The van der Waals surface area contributed by atoms with Gasteiger partial charge in [0, 0.05) is 30.0 Å². The summed E-state index contributed by atoms with van der Waals surface area (Å²) in [6, 6.07) is 13.6. The van der Waals surface area contributed by atoms with Crippen LogP contribution in [-0.4, -0.2) is 34.6 Å². The van der Waals surface area contributed by atoms with Gasteiger partial charge in [0.2, 0.25) is 0 Å². The molecule has 0 spiro atoms. The van der Waals surface area contributed by atoms with E-state index in [1.54, 1.807) is 13.1 Å². The largest absolute Gasteiger partial charge is 0.288 e. The molecule has 1 heterocycles. The van der Waals surface area contributed by atoms with Crippen molar-refractivity contribution >= 4 is 17.2 Å². The minimum Gasteiger partial charge on any atom is -0.288 e. The molecule has 0 atom stereocenters. The van der Waals surface area contributed by atoms with Crippen molar-refractivity contribution in [3.8, 4) is 0 Å². The summed E-state index contributed by atoms with van der Waals surface area (Å²) in [6.45, 7) is 0.100. The van der Waals surface area contributed by atoms with Gasteiger partial charge in [-0.25, -0.2) is 10.1 Å². The van der Waals surface area contributed by atoms with E-state index in [9.17, 15) is 15.3 Å². The molecular formula is C16H14N4O3. The molecule has 116 valence electrons. The molecule has 0 bridgehead atoms. The number of hydroxylamine groups is 2. The van der Waals surface area contributed by atoms with Crippen LogP contribution in [0.3, 0.4) is 0 Å². The predicted molar refractivity (Wildman–Crippen MR) is 84.7 cm³/mol. The average molecular weight is 310 g/mol. The number of benzene rings is 2. The van der Waals surface area contributed by atoms with E-state index in [1.807, 2.05) is 30.3 Å². The summed E-state index contributed by atoms with van der Waals surface area (Å²) in [4.78, 5) is 19.0. The summed E-state index contributed by atoms with van der Waals surface area (Å²) in [7, 11) is 1.59. The zero-order valence-electron chi connectivity index (χ0n) is 12.4. The highest BCUT2D eigenvalue weighted by Gasteiger charge is 2.18. The Morgan fingerprint density at radius 1 is 1.26 bits per heavy atom. The number of rotatable bonds is 2. The third-order valence-electron chi connectivity index (χ3n) is 3.55. The van der Waals surface area contributed by atoms with Gasteiger partial charge in [0.1, 0.15) is 12.4 Å². The fourth-order valence-electron chi connectivity index (χ4n) is 2.47. The Morgan fingerprint density at radius 2 is 2.00 bits per heavy atom. The molecule has 23 heavy (non-hydrogen) atoms. The van der Waals surface area contributed by atoms with Crippen molar-refractivity contribution in [3.63, 3.8) is 0 Å². The molecule has 2 aromatic rings. The molecule has 3 rings (SSSR count). The van der Waals surface area contributed by atoms with E-state index < -0.39 is 4.92 Å². The number of amidine groups is 1. The molecule has 0 fully saturated rings. The van der Waals surface area contributed by atoms with Gasteiger partial charge < -0.3 is 0 Å². The lowest BCUT2D eigenvalue weighted by atomic mass is 10.1. The van der Waals surface area contributed by atoms with Crippen molar-refractivity contribution in [2.24, 2.45) is 9.98 Å². The maximum atomic E-state index is 11.1. The van der Waals surface area contributed by atoms with Crippen LogP contribution in [0.25, 0.3) is 5.70 Å². The lowest BCUT2D eigenvalue weighted by molar-refractivity contribution is -0.385. The van der Waals surface area contributed by atoms with E-state index >= 15 is 0 Å². The van der Waals surface area contributed by atoms with Crippen molar-refractivity contribution < 1.29 is 10.1 Å². The third kappa shape index (κ3) is 2.82. The second-order valence-electron chi connectivity index (χ2n) is 4.98. The van der Waals surface area contributed by atoms with Gasteiger partial charge in [-0.05, 0) is 6.07 Å². The number of non-ortho nitro benzene ring substituents is 1. The Bertz CT molecular complexity index is 907. The van der Waals surface area contributed by atoms with Crippen LogP contribution in [0.1, 0.15) is 5.56 Å². The van der Waals surface area contributed by atoms with E-state index in [-0.39, 0.29) is 12.2 Å². The van der Waals surface area contributed by atoms with Crippen molar-refractivity contribution in [3.05, 3.63) is 74.8 Å². The Hall–Kier alpha value is -3.06. The molecule has 0 saturated carbocycles. The lowest BCUT2D eigenvalue weighted by Gasteiger charge is -2.19. The lowest BCUT2D eigenvalue weighted by Crippen LogP contribution is -2.32. The fourth-order valence-corrected chi connectivity index (χ4v) is 2.47. The molecular weight excluding hydrogens is 296 g/mol. The molecule has 7 nitrogen and oxygen atoms in total. The summed E-state index contributed by atoms with van der Waals surface area (Å²) < 4.78 is 0.